The zero-order valence-electron chi connectivity index (χ0n) is 11.3. The number of benzene rings is 1. The molecule has 2 atom stereocenters. The maximum absolute atomic E-state index is 6.06. The van der Waals surface area contributed by atoms with Crippen LogP contribution in [0.25, 0.3) is 0 Å². The average Bonchev–Trinajstić information content (AvgIpc) is 2.74. The third kappa shape index (κ3) is 3.36. The van der Waals surface area contributed by atoms with E-state index in [0.717, 1.165) is 21.3 Å². The summed E-state index contributed by atoms with van der Waals surface area (Å²) in [6, 6.07) is 5.82. The van der Waals surface area contributed by atoms with E-state index in [2.05, 4.69) is 21.0 Å². The van der Waals surface area contributed by atoms with E-state index < -0.39 is 0 Å². The van der Waals surface area contributed by atoms with Gasteiger partial charge >= 0.3 is 0 Å². The van der Waals surface area contributed by atoms with Gasteiger partial charge in [-0.05, 0) is 37.6 Å². The number of hydrogen-bond acceptors (Lipinski definition) is 3. The predicted octanol–water partition coefficient (Wildman–Crippen LogP) is 2.96. The van der Waals surface area contributed by atoms with Crippen molar-refractivity contribution in [3.63, 3.8) is 0 Å². The third-order valence-corrected chi connectivity index (χ3v) is 3.42. The number of hydrogen-bond donors (Lipinski definition) is 1. The van der Waals surface area contributed by atoms with E-state index in [4.69, 9.17) is 10.5 Å². The van der Waals surface area contributed by atoms with Gasteiger partial charge in [0, 0.05) is 29.3 Å². The second-order valence-corrected chi connectivity index (χ2v) is 5.67. The number of rotatable bonds is 4. The van der Waals surface area contributed by atoms with Crippen LogP contribution >= 0.6 is 15.9 Å². The van der Waals surface area contributed by atoms with E-state index in [1.165, 1.54) is 0 Å². The number of nitrogens with zero attached hydrogens (tertiary/aromatic N) is 2. The quantitative estimate of drug-likeness (QED) is 0.941. The molecule has 0 saturated heterocycles. The molecule has 0 fully saturated rings. The van der Waals surface area contributed by atoms with Crippen molar-refractivity contribution in [2.45, 2.75) is 26.0 Å². The van der Waals surface area contributed by atoms with Crippen LogP contribution in [-0.4, -0.2) is 15.8 Å². The van der Waals surface area contributed by atoms with Gasteiger partial charge in [-0.2, -0.15) is 5.10 Å². The zero-order valence-corrected chi connectivity index (χ0v) is 12.9. The molecule has 1 heterocycles. The monoisotopic (exact) mass is 323 g/mol. The second kappa shape index (κ2) is 5.75. The largest absolute Gasteiger partial charge is 0.484 e. The van der Waals surface area contributed by atoms with Crippen LogP contribution in [-0.2, 0) is 7.05 Å². The van der Waals surface area contributed by atoms with Crippen molar-refractivity contribution >= 4 is 15.9 Å². The lowest BCUT2D eigenvalue weighted by atomic mass is 10.1. The summed E-state index contributed by atoms with van der Waals surface area (Å²) < 4.78 is 8.85. The summed E-state index contributed by atoms with van der Waals surface area (Å²) >= 11 is 3.45. The Bertz CT molecular complexity index is 566. The van der Waals surface area contributed by atoms with Crippen molar-refractivity contribution < 1.29 is 4.74 Å². The first kappa shape index (κ1) is 14.1. The highest BCUT2D eigenvalue weighted by Gasteiger charge is 2.20. The average molecular weight is 324 g/mol. The minimum atomic E-state index is -0.200. The molecule has 102 valence electrons. The van der Waals surface area contributed by atoms with Crippen molar-refractivity contribution in [2.75, 3.05) is 0 Å². The molecular formula is C14H18BrN3O. The molecule has 0 aliphatic carbocycles. The first-order chi connectivity index (χ1) is 8.97. The van der Waals surface area contributed by atoms with E-state index in [-0.39, 0.29) is 12.1 Å². The van der Waals surface area contributed by atoms with Crippen LogP contribution in [0.2, 0.25) is 0 Å². The van der Waals surface area contributed by atoms with Crippen molar-refractivity contribution in [1.29, 1.82) is 0 Å². The highest BCUT2D eigenvalue weighted by molar-refractivity contribution is 9.10. The van der Waals surface area contributed by atoms with Crippen LogP contribution in [0.5, 0.6) is 5.75 Å². The van der Waals surface area contributed by atoms with Crippen LogP contribution in [0.3, 0.4) is 0 Å². The topological polar surface area (TPSA) is 53.1 Å². The van der Waals surface area contributed by atoms with Gasteiger partial charge in [-0.15, -0.1) is 0 Å². The fourth-order valence-corrected chi connectivity index (χ4v) is 2.42. The summed E-state index contributed by atoms with van der Waals surface area (Å²) in [6.45, 7) is 3.95. The van der Waals surface area contributed by atoms with Gasteiger partial charge in [0.15, 0.2) is 0 Å². The Morgan fingerprint density at radius 2 is 2.16 bits per heavy atom. The summed E-state index contributed by atoms with van der Waals surface area (Å²) in [4.78, 5) is 0. The molecule has 1 aromatic heterocycles. The SMILES string of the molecule is Cc1cc(Br)ccc1OC(c1cnn(C)c1)C(C)N. The van der Waals surface area contributed by atoms with Crippen LogP contribution in [0, 0.1) is 6.92 Å². The van der Waals surface area contributed by atoms with E-state index in [1.807, 2.05) is 45.3 Å². The molecule has 0 aliphatic heterocycles. The van der Waals surface area contributed by atoms with Gasteiger partial charge < -0.3 is 10.5 Å². The smallest absolute Gasteiger partial charge is 0.141 e. The van der Waals surface area contributed by atoms with E-state index in [9.17, 15) is 0 Å². The zero-order chi connectivity index (χ0) is 14.0. The highest BCUT2D eigenvalue weighted by Crippen LogP contribution is 2.28. The fraction of sp³-hybridized carbons (Fsp3) is 0.357. The Balaban J connectivity index is 2.26. The minimum absolute atomic E-state index is 0.118. The van der Waals surface area contributed by atoms with Crippen LogP contribution < -0.4 is 10.5 Å². The van der Waals surface area contributed by atoms with Crippen molar-refractivity contribution in [1.82, 2.24) is 9.78 Å². The molecule has 2 aromatic rings. The molecule has 1 aromatic carbocycles. The standard InChI is InChI=1S/C14H18BrN3O/c1-9-6-12(15)4-5-13(9)19-14(10(2)16)11-7-17-18(3)8-11/h4-8,10,14H,16H2,1-3H3. The van der Waals surface area contributed by atoms with Crippen LogP contribution in [0.1, 0.15) is 24.2 Å². The summed E-state index contributed by atoms with van der Waals surface area (Å²) in [7, 11) is 1.88. The van der Waals surface area contributed by atoms with Crippen LogP contribution in [0.4, 0.5) is 0 Å². The molecule has 4 nitrogen and oxygen atoms in total. The first-order valence-electron chi connectivity index (χ1n) is 6.14. The normalized spacial score (nSPS) is 14.2. The lowest BCUT2D eigenvalue weighted by molar-refractivity contribution is 0.179. The maximum Gasteiger partial charge on any atom is 0.141 e. The van der Waals surface area contributed by atoms with Crippen molar-refractivity contribution in [3.8, 4) is 5.75 Å². The molecule has 2 N–H and O–H groups in total. The van der Waals surface area contributed by atoms with E-state index >= 15 is 0 Å². The number of aryl methyl sites for hydroxylation is 2. The first-order valence-corrected chi connectivity index (χ1v) is 6.93. The van der Waals surface area contributed by atoms with Gasteiger partial charge in [0.25, 0.3) is 0 Å². The molecule has 19 heavy (non-hydrogen) atoms. The summed E-state index contributed by atoms with van der Waals surface area (Å²) in [6.07, 6.45) is 3.53. The molecule has 0 amide bonds. The number of halogens is 1. The second-order valence-electron chi connectivity index (χ2n) is 4.75. The number of nitrogens with two attached hydrogens (primary N) is 1. The molecule has 0 spiro atoms. The fourth-order valence-electron chi connectivity index (χ4n) is 1.95. The summed E-state index contributed by atoms with van der Waals surface area (Å²) in [5.41, 5.74) is 8.09. The Hall–Kier alpha value is -1.33. The molecule has 0 aliphatic rings. The number of aromatic nitrogens is 2. The lowest BCUT2D eigenvalue weighted by Gasteiger charge is -2.22. The number of ether oxygens (including phenoxy) is 1. The van der Waals surface area contributed by atoms with Gasteiger partial charge in [-0.1, -0.05) is 15.9 Å². The maximum atomic E-state index is 6.06. The third-order valence-electron chi connectivity index (χ3n) is 2.92. The Labute approximate surface area is 121 Å². The Morgan fingerprint density at radius 3 is 2.68 bits per heavy atom. The molecular weight excluding hydrogens is 306 g/mol. The van der Waals surface area contributed by atoms with E-state index in [1.54, 1.807) is 10.9 Å². The minimum Gasteiger partial charge on any atom is -0.484 e. The predicted molar refractivity (Wildman–Crippen MR) is 79.1 cm³/mol. The molecule has 0 saturated carbocycles. The summed E-state index contributed by atoms with van der Waals surface area (Å²) in [5, 5.41) is 4.17. The van der Waals surface area contributed by atoms with Gasteiger partial charge in [-0.3, -0.25) is 4.68 Å². The van der Waals surface area contributed by atoms with Crippen molar-refractivity contribution in [2.24, 2.45) is 12.8 Å². The Kier molecular flexibility index (Phi) is 4.27. The molecule has 2 rings (SSSR count). The van der Waals surface area contributed by atoms with E-state index in [0.29, 0.717) is 0 Å². The van der Waals surface area contributed by atoms with Crippen molar-refractivity contribution in [3.05, 3.63) is 46.2 Å². The molecule has 0 bridgehead atoms. The molecule has 0 radical (unpaired) electrons. The highest BCUT2D eigenvalue weighted by atomic mass is 79.9. The van der Waals surface area contributed by atoms with Gasteiger partial charge in [-0.25, -0.2) is 0 Å². The molecule has 5 heteroatoms. The van der Waals surface area contributed by atoms with Gasteiger partial charge in [0.2, 0.25) is 0 Å². The molecule has 2 unspecified atom stereocenters. The van der Waals surface area contributed by atoms with Crippen LogP contribution in [0.15, 0.2) is 35.1 Å². The van der Waals surface area contributed by atoms with Gasteiger partial charge in [0.05, 0.1) is 6.20 Å². The summed E-state index contributed by atoms with van der Waals surface area (Å²) in [5.74, 6) is 0.842. The van der Waals surface area contributed by atoms with Gasteiger partial charge in [0.1, 0.15) is 11.9 Å². The Morgan fingerprint density at radius 1 is 1.42 bits per heavy atom. The lowest BCUT2D eigenvalue weighted by Crippen LogP contribution is -2.29.